The molecular formula is C45H51FN10O16. The maximum absolute atomic E-state index is 14.1. The second-order valence-electron chi connectivity index (χ2n) is 16.1. The van der Waals surface area contributed by atoms with Crippen LogP contribution in [-0.2, 0) is 47.9 Å². The number of carbonyl (C=O) groups excluding carboxylic acids is 6. The zero-order valence-corrected chi connectivity index (χ0v) is 38.2. The third-order valence-electron chi connectivity index (χ3n) is 10.6. The number of nitrogens with one attached hydrogen (secondary N) is 8. The number of aliphatic carboxylic acids is 5. The first-order valence-electron chi connectivity index (χ1n) is 21.8. The van der Waals surface area contributed by atoms with E-state index in [0.29, 0.717) is 27.7 Å². The Kier molecular flexibility index (Phi) is 20.2. The Balaban J connectivity index is 1.26. The summed E-state index contributed by atoms with van der Waals surface area (Å²) in [7, 11) is 0. The first-order chi connectivity index (χ1) is 34.0. The van der Waals surface area contributed by atoms with E-state index in [1.807, 2.05) is 0 Å². The molecule has 3 aromatic carbocycles. The van der Waals surface area contributed by atoms with Crippen LogP contribution in [0.5, 0.6) is 0 Å². The van der Waals surface area contributed by atoms with Gasteiger partial charge in [-0.3, -0.25) is 33.9 Å². The summed E-state index contributed by atoms with van der Waals surface area (Å²) in [4.78, 5) is 134. The van der Waals surface area contributed by atoms with Gasteiger partial charge in [-0.2, -0.15) is 5.10 Å². The molecule has 0 unspecified atom stereocenters. The Morgan fingerprint density at radius 2 is 1.11 bits per heavy atom. The number of nitrogens with two attached hydrogens (primary N) is 1. The Morgan fingerprint density at radius 1 is 0.611 bits per heavy atom. The predicted octanol–water partition coefficient (Wildman–Crippen LogP) is 1.46. The lowest BCUT2D eigenvalue weighted by molar-refractivity contribution is -0.144. The van der Waals surface area contributed by atoms with Crippen LogP contribution in [0.3, 0.4) is 0 Å². The Labute approximate surface area is 406 Å². The number of aromatic nitrogens is 2. The fraction of sp³-hybridized carbons (Fsp3) is 0.333. The van der Waals surface area contributed by atoms with E-state index in [0.717, 1.165) is 5.56 Å². The first-order valence-corrected chi connectivity index (χ1v) is 21.8. The van der Waals surface area contributed by atoms with E-state index in [1.54, 1.807) is 55.5 Å². The summed E-state index contributed by atoms with van der Waals surface area (Å²) < 4.78 is 14.1. The number of aromatic amines is 1. The lowest BCUT2D eigenvalue weighted by atomic mass is 10.0. The van der Waals surface area contributed by atoms with Crippen molar-refractivity contribution in [2.45, 2.75) is 94.9 Å². The van der Waals surface area contributed by atoms with Crippen molar-refractivity contribution in [2.75, 3.05) is 16.0 Å². The predicted molar refractivity (Wildman–Crippen MR) is 249 cm³/mol. The van der Waals surface area contributed by atoms with Crippen molar-refractivity contribution in [1.82, 2.24) is 31.5 Å². The van der Waals surface area contributed by atoms with Crippen LogP contribution in [0.2, 0.25) is 0 Å². The highest BCUT2D eigenvalue weighted by molar-refractivity contribution is 6.08. The second kappa shape index (κ2) is 26.1. The number of halogens is 1. The van der Waals surface area contributed by atoms with Crippen LogP contribution < -0.4 is 43.0 Å². The van der Waals surface area contributed by atoms with Crippen LogP contribution in [-0.4, -0.2) is 131 Å². The largest absolute Gasteiger partial charge is 0.481 e. The molecule has 72 heavy (non-hydrogen) atoms. The number of carbonyl (C=O) groups is 11. The monoisotopic (exact) mass is 1010 g/mol. The van der Waals surface area contributed by atoms with Gasteiger partial charge in [0, 0.05) is 31.4 Å². The fourth-order valence-corrected chi connectivity index (χ4v) is 6.83. The molecule has 0 aliphatic carbocycles. The van der Waals surface area contributed by atoms with Crippen LogP contribution in [0.25, 0.3) is 22.0 Å². The third kappa shape index (κ3) is 17.2. The van der Waals surface area contributed by atoms with E-state index in [4.69, 9.17) is 10.8 Å². The van der Waals surface area contributed by atoms with Crippen molar-refractivity contribution < 1.29 is 82.7 Å². The number of anilines is 3. The van der Waals surface area contributed by atoms with Gasteiger partial charge in [0.15, 0.2) is 5.82 Å². The molecule has 0 saturated carbocycles. The molecule has 15 N–H and O–H groups in total. The number of hydrogen-bond donors (Lipinski definition) is 14. The van der Waals surface area contributed by atoms with Gasteiger partial charge in [-0.15, -0.1) is 0 Å². The van der Waals surface area contributed by atoms with Gasteiger partial charge < -0.3 is 68.5 Å². The van der Waals surface area contributed by atoms with Gasteiger partial charge in [0.25, 0.3) is 0 Å². The van der Waals surface area contributed by atoms with E-state index in [9.17, 15) is 77.6 Å². The molecule has 5 atom stereocenters. The summed E-state index contributed by atoms with van der Waals surface area (Å²) >= 11 is 0. The average molecular weight is 1010 g/mol. The maximum Gasteiger partial charge on any atom is 0.326 e. The topological polar surface area (TPSA) is 428 Å². The lowest BCUT2D eigenvalue weighted by Crippen LogP contribution is -2.50. The van der Waals surface area contributed by atoms with Gasteiger partial charge in [0.05, 0.1) is 29.1 Å². The van der Waals surface area contributed by atoms with Crippen molar-refractivity contribution in [1.29, 1.82) is 0 Å². The Bertz CT molecular complexity index is 2710. The molecule has 0 spiro atoms. The van der Waals surface area contributed by atoms with Gasteiger partial charge in [0.1, 0.15) is 30.0 Å². The normalized spacial score (nSPS) is 12.9. The zero-order chi connectivity index (χ0) is 53.2. The first kappa shape index (κ1) is 55.6. The second-order valence-corrected chi connectivity index (χ2v) is 16.1. The zero-order valence-electron chi connectivity index (χ0n) is 38.2. The van der Waals surface area contributed by atoms with Crippen LogP contribution in [0, 0.1) is 12.7 Å². The van der Waals surface area contributed by atoms with Gasteiger partial charge in [-0.25, -0.2) is 28.4 Å². The molecule has 26 nitrogen and oxygen atoms in total. The van der Waals surface area contributed by atoms with Gasteiger partial charge in [-0.05, 0) is 79.6 Å². The Hall–Kier alpha value is -9.01. The van der Waals surface area contributed by atoms with E-state index >= 15 is 0 Å². The number of urea groups is 1. The Morgan fingerprint density at radius 3 is 1.61 bits per heavy atom. The highest BCUT2D eigenvalue weighted by Crippen LogP contribution is 2.33. The van der Waals surface area contributed by atoms with Gasteiger partial charge >= 0.3 is 35.9 Å². The van der Waals surface area contributed by atoms with E-state index < -0.39 is 159 Å². The number of carboxylic acid groups (broad SMARTS) is 5. The number of aryl methyl sites for hydroxylation is 1. The van der Waals surface area contributed by atoms with Crippen LogP contribution in [0.1, 0.15) is 63.4 Å². The molecule has 0 radical (unpaired) electrons. The molecular weight excluding hydrogens is 956 g/mol. The highest BCUT2D eigenvalue weighted by Gasteiger charge is 2.29. The smallest absolute Gasteiger partial charge is 0.326 e. The summed E-state index contributed by atoms with van der Waals surface area (Å²) in [6.07, 6.45) is -5.31. The summed E-state index contributed by atoms with van der Waals surface area (Å²) in [6.45, 7) is 1.75. The molecule has 27 heteroatoms. The van der Waals surface area contributed by atoms with Crippen molar-refractivity contribution in [3.63, 3.8) is 0 Å². The van der Waals surface area contributed by atoms with Crippen molar-refractivity contribution in [2.24, 2.45) is 5.73 Å². The quantitative estimate of drug-likeness (QED) is 0.0402. The fourth-order valence-electron chi connectivity index (χ4n) is 6.83. The van der Waals surface area contributed by atoms with Gasteiger partial charge in [0.2, 0.25) is 29.5 Å². The van der Waals surface area contributed by atoms with Crippen LogP contribution in [0.15, 0.2) is 60.7 Å². The van der Waals surface area contributed by atoms with Crippen molar-refractivity contribution in [3.8, 4) is 11.1 Å². The highest BCUT2D eigenvalue weighted by atomic mass is 19.1. The number of hydrogen-bond acceptors (Lipinski definition) is 13. The molecule has 1 heterocycles. The van der Waals surface area contributed by atoms with E-state index in [2.05, 4.69) is 47.4 Å². The molecule has 1 aromatic heterocycles. The minimum Gasteiger partial charge on any atom is -0.481 e. The molecule has 7 amide bonds. The lowest BCUT2D eigenvalue weighted by Gasteiger charge is -2.19. The summed E-state index contributed by atoms with van der Waals surface area (Å²) in [5.74, 6) is -13.1. The molecule has 384 valence electrons. The minimum absolute atomic E-state index is 0.00242. The number of carboxylic acids is 5. The number of amides is 7. The number of rotatable bonds is 27. The van der Waals surface area contributed by atoms with Crippen LogP contribution >= 0.6 is 0 Å². The standard InChI is InChI=1S/C45H51FN10O16/c1-21-5-10-25(46)32(19-21)53-45(72)48-23-8-6-22(7-9-23)24-3-2-4-27-38(24)39(56-55-27)54-36(60)20-26(47)40(63)52-31(44(70)71)13-17-35(59)50-29(42(66)67)11-15-33(57)49-28(41(64)65)12-16-34(58)51-30(43(68)69)14-18-37(61)62/h2-10,19,26,28-31H,11-18,20,47H2,1H3,(H,49,57)(H,50,59)(H,51,58)(H,52,63)(H,61,62)(H,64,65)(H,66,67)(H,68,69)(H,70,71)(H2,48,53,72)(H2,54,55,56,60)/t26-,28-,29-,30-,31-/m0/s1. The number of H-pyrrole nitrogens is 1. The molecule has 0 bridgehead atoms. The van der Waals surface area contributed by atoms with E-state index in [-0.39, 0.29) is 11.5 Å². The van der Waals surface area contributed by atoms with Crippen molar-refractivity contribution in [3.05, 3.63) is 72.0 Å². The summed E-state index contributed by atoms with van der Waals surface area (Å²) in [5, 5.41) is 70.3. The minimum atomic E-state index is -1.74. The number of benzene rings is 3. The molecule has 4 aromatic rings. The van der Waals surface area contributed by atoms with Gasteiger partial charge in [-0.1, -0.05) is 30.3 Å². The van der Waals surface area contributed by atoms with Crippen LogP contribution in [0.4, 0.5) is 26.4 Å². The number of nitrogens with zero attached hydrogens (tertiary/aromatic N) is 1. The third-order valence-corrected chi connectivity index (χ3v) is 10.6. The molecule has 0 aliphatic heterocycles. The molecule has 4 rings (SSSR count). The number of fused-ring (bicyclic) bond motifs is 1. The summed E-state index contributed by atoms with van der Waals surface area (Å²) in [6, 6.07) is 6.98. The average Bonchev–Trinajstić information content (AvgIpc) is 3.72. The molecule has 0 saturated heterocycles. The molecule has 0 aliphatic rings. The molecule has 0 fully saturated rings. The SMILES string of the molecule is Cc1ccc(F)c(NC(=O)Nc2ccc(-c3cccc4[nH]nc(NC(=O)C[C@H](N)C(=O)N[C@@H](CCC(=O)N[C@@H](CCC(=O)N[C@@H](CCC(=O)N[C@@H](CCC(=O)O)C(=O)O)C(=O)O)C(=O)O)C(=O)O)c34)cc2)c1. The van der Waals surface area contributed by atoms with Crippen molar-refractivity contribution >= 4 is 93.5 Å². The van der Waals surface area contributed by atoms with E-state index in [1.165, 1.54) is 12.1 Å². The summed E-state index contributed by atoms with van der Waals surface area (Å²) in [5.41, 5.74) is 8.83. The maximum atomic E-state index is 14.1.